The van der Waals surface area contributed by atoms with E-state index in [0.717, 1.165) is 12.3 Å². The molecule has 0 aromatic carbocycles. The molecule has 1 rings (SSSR count). The third kappa shape index (κ3) is 11.3. The van der Waals surface area contributed by atoms with Crippen molar-refractivity contribution in [3.05, 3.63) is 0 Å². The van der Waals surface area contributed by atoms with Gasteiger partial charge in [0.15, 0.2) is 0 Å². The van der Waals surface area contributed by atoms with Gasteiger partial charge in [-0.1, -0.05) is 27.2 Å². The third-order valence-electron chi connectivity index (χ3n) is 2.88. The number of hydrogen-bond acceptors (Lipinski definition) is 4. The van der Waals surface area contributed by atoms with Gasteiger partial charge in [0, 0.05) is 25.8 Å². The van der Waals surface area contributed by atoms with Crippen molar-refractivity contribution in [2.24, 2.45) is 5.92 Å². The lowest BCUT2D eigenvalue weighted by molar-refractivity contribution is -0.139. The van der Waals surface area contributed by atoms with Crippen molar-refractivity contribution >= 4 is 23.7 Å². The average Bonchev–Trinajstić information content (AvgIpc) is 2.75. The van der Waals surface area contributed by atoms with E-state index < -0.39 is 5.97 Å². The molecule has 7 nitrogen and oxygen atoms in total. The second kappa shape index (κ2) is 11.6. The zero-order valence-electron chi connectivity index (χ0n) is 14.3. The summed E-state index contributed by atoms with van der Waals surface area (Å²) in [5, 5.41) is 10.6. The fraction of sp³-hybridized carbons (Fsp3) is 0.750. The summed E-state index contributed by atoms with van der Waals surface area (Å²) >= 11 is 0. The summed E-state index contributed by atoms with van der Waals surface area (Å²) in [7, 11) is 0. The lowest BCUT2D eigenvalue weighted by atomic mass is 10.2. The summed E-state index contributed by atoms with van der Waals surface area (Å²) in [5.74, 6) is -0.775. The van der Waals surface area contributed by atoms with Gasteiger partial charge < -0.3 is 10.4 Å². The average molecular weight is 328 g/mol. The van der Waals surface area contributed by atoms with Crippen LogP contribution in [0, 0.1) is 5.92 Å². The van der Waals surface area contributed by atoms with E-state index in [-0.39, 0.29) is 30.7 Å². The Labute approximate surface area is 137 Å². The van der Waals surface area contributed by atoms with Gasteiger partial charge in [0.1, 0.15) is 6.54 Å². The first-order valence-electron chi connectivity index (χ1n) is 8.05. The van der Waals surface area contributed by atoms with Crippen LogP contribution in [0.5, 0.6) is 0 Å². The molecule has 1 aliphatic rings. The fourth-order valence-electron chi connectivity index (χ4n) is 1.87. The normalized spacial score (nSPS) is 13.8. The highest BCUT2D eigenvalue weighted by molar-refractivity contribution is 6.01. The quantitative estimate of drug-likeness (QED) is 0.520. The van der Waals surface area contributed by atoms with Crippen LogP contribution in [0.15, 0.2) is 0 Å². The van der Waals surface area contributed by atoms with E-state index >= 15 is 0 Å². The maximum Gasteiger partial charge on any atom is 0.322 e. The zero-order valence-corrected chi connectivity index (χ0v) is 14.3. The number of carbonyl (C=O) groups excluding carboxylic acids is 3. The molecule has 0 spiro atoms. The molecule has 1 heterocycles. The van der Waals surface area contributed by atoms with Gasteiger partial charge in [-0.3, -0.25) is 24.1 Å². The van der Waals surface area contributed by atoms with Crippen molar-refractivity contribution in [2.45, 2.75) is 59.3 Å². The Hall–Kier alpha value is -1.92. The number of nitrogens with zero attached hydrogens (tertiary/aromatic N) is 1. The Kier molecular flexibility index (Phi) is 10.7. The third-order valence-corrected chi connectivity index (χ3v) is 2.88. The van der Waals surface area contributed by atoms with Crippen molar-refractivity contribution in [2.75, 3.05) is 13.1 Å². The van der Waals surface area contributed by atoms with Gasteiger partial charge in [-0.25, -0.2) is 0 Å². The number of nitrogens with one attached hydrogen (secondary N) is 1. The van der Waals surface area contributed by atoms with Crippen LogP contribution in [0.4, 0.5) is 0 Å². The van der Waals surface area contributed by atoms with Crippen LogP contribution in [0.3, 0.4) is 0 Å². The predicted octanol–water partition coefficient (Wildman–Crippen LogP) is 1.56. The Balaban J connectivity index is 0.00000108. The molecule has 2 N–H and O–H groups in total. The largest absolute Gasteiger partial charge is 0.480 e. The summed E-state index contributed by atoms with van der Waals surface area (Å²) in [6, 6.07) is 0. The monoisotopic (exact) mass is 328 g/mol. The summed E-state index contributed by atoms with van der Waals surface area (Å²) in [4.78, 5) is 45.2. The molecule has 1 saturated heterocycles. The molecule has 0 unspecified atom stereocenters. The summed E-state index contributed by atoms with van der Waals surface area (Å²) < 4.78 is 0. The number of carbonyl (C=O) groups is 4. The molecule has 0 bridgehead atoms. The molecule has 0 aromatic heterocycles. The van der Waals surface area contributed by atoms with E-state index in [1.807, 2.05) is 0 Å². The van der Waals surface area contributed by atoms with Gasteiger partial charge in [-0.05, 0) is 18.8 Å². The molecule has 0 aromatic rings. The topological polar surface area (TPSA) is 104 Å². The summed E-state index contributed by atoms with van der Waals surface area (Å²) in [5.41, 5.74) is 0. The Morgan fingerprint density at radius 2 is 1.61 bits per heavy atom. The number of amides is 3. The molecule has 1 fully saturated rings. The molecular weight excluding hydrogens is 300 g/mol. The minimum absolute atomic E-state index is 0.121. The molecular formula is C16H28N2O5. The van der Waals surface area contributed by atoms with Crippen LogP contribution in [0.1, 0.15) is 59.3 Å². The smallest absolute Gasteiger partial charge is 0.322 e. The summed E-state index contributed by atoms with van der Waals surface area (Å²) in [6.45, 7) is 6.55. The minimum atomic E-state index is -1.07. The van der Waals surface area contributed by atoms with Crippen molar-refractivity contribution in [3.63, 3.8) is 0 Å². The standard InChI is InChI=1S/C12H18N2O5.C4H10/c15-9(13-8-12(18)19)4-2-1-3-7-14-10(16)5-6-11(14)17;1-4(2)3/h1-8H2,(H,13,15)(H,18,19);4H,1-3H3. The van der Waals surface area contributed by atoms with E-state index in [4.69, 9.17) is 5.11 Å². The Bertz CT molecular complexity index is 402. The predicted molar refractivity (Wildman–Crippen MR) is 85.6 cm³/mol. The first kappa shape index (κ1) is 21.1. The van der Waals surface area contributed by atoms with Crippen LogP contribution >= 0.6 is 0 Å². The van der Waals surface area contributed by atoms with E-state index in [1.165, 1.54) is 4.90 Å². The zero-order chi connectivity index (χ0) is 17.8. The Morgan fingerprint density at radius 1 is 1.09 bits per heavy atom. The molecule has 132 valence electrons. The van der Waals surface area contributed by atoms with Crippen LogP contribution < -0.4 is 5.32 Å². The van der Waals surface area contributed by atoms with Gasteiger partial charge in [0.25, 0.3) is 0 Å². The number of carboxylic acids is 1. The highest BCUT2D eigenvalue weighted by Gasteiger charge is 2.27. The van der Waals surface area contributed by atoms with Gasteiger partial charge in [0.05, 0.1) is 0 Å². The van der Waals surface area contributed by atoms with Crippen LogP contribution in [-0.2, 0) is 19.2 Å². The first-order chi connectivity index (χ1) is 10.7. The fourth-order valence-corrected chi connectivity index (χ4v) is 1.87. The number of unbranched alkanes of at least 4 members (excludes halogenated alkanes) is 2. The number of imide groups is 1. The maximum absolute atomic E-state index is 11.3. The number of aliphatic carboxylic acids is 1. The number of carboxylic acid groups (broad SMARTS) is 1. The lowest BCUT2D eigenvalue weighted by Gasteiger charge is -2.12. The number of rotatable bonds is 8. The minimum Gasteiger partial charge on any atom is -0.480 e. The summed E-state index contributed by atoms with van der Waals surface area (Å²) in [6.07, 6.45) is 2.87. The number of hydrogen-bond donors (Lipinski definition) is 2. The molecule has 1 aliphatic heterocycles. The molecule has 0 atom stereocenters. The molecule has 7 heteroatoms. The van der Waals surface area contributed by atoms with Gasteiger partial charge in [-0.15, -0.1) is 0 Å². The molecule has 0 aliphatic carbocycles. The van der Waals surface area contributed by atoms with Crippen molar-refractivity contribution < 1.29 is 24.3 Å². The van der Waals surface area contributed by atoms with Crippen molar-refractivity contribution in [3.8, 4) is 0 Å². The maximum atomic E-state index is 11.3. The van der Waals surface area contributed by atoms with Gasteiger partial charge in [-0.2, -0.15) is 0 Å². The van der Waals surface area contributed by atoms with Crippen molar-refractivity contribution in [1.29, 1.82) is 0 Å². The van der Waals surface area contributed by atoms with Gasteiger partial charge >= 0.3 is 5.97 Å². The highest BCUT2D eigenvalue weighted by Crippen LogP contribution is 2.13. The van der Waals surface area contributed by atoms with Crippen molar-refractivity contribution in [1.82, 2.24) is 10.2 Å². The van der Waals surface area contributed by atoms with E-state index in [2.05, 4.69) is 26.1 Å². The SMILES string of the molecule is CC(C)C.O=C(O)CNC(=O)CCCCCN1C(=O)CCC1=O. The number of likely N-dealkylation sites (tertiary alicyclic amines) is 1. The molecule has 0 radical (unpaired) electrons. The second-order valence-corrected chi connectivity index (χ2v) is 6.15. The molecule has 3 amide bonds. The lowest BCUT2D eigenvalue weighted by Crippen LogP contribution is -2.30. The molecule has 23 heavy (non-hydrogen) atoms. The van der Waals surface area contributed by atoms with E-state index in [9.17, 15) is 19.2 Å². The highest BCUT2D eigenvalue weighted by atomic mass is 16.4. The van der Waals surface area contributed by atoms with Crippen LogP contribution in [0.25, 0.3) is 0 Å². The Morgan fingerprint density at radius 3 is 2.09 bits per heavy atom. The van der Waals surface area contributed by atoms with Crippen LogP contribution in [0.2, 0.25) is 0 Å². The molecule has 0 saturated carbocycles. The first-order valence-corrected chi connectivity index (χ1v) is 8.05. The van der Waals surface area contributed by atoms with Gasteiger partial charge in [0.2, 0.25) is 17.7 Å². The van der Waals surface area contributed by atoms with Crippen LogP contribution in [-0.4, -0.2) is 46.8 Å². The van der Waals surface area contributed by atoms with E-state index in [0.29, 0.717) is 32.2 Å². The second-order valence-electron chi connectivity index (χ2n) is 6.15. The van der Waals surface area contributed by atoms with E-state index in [1.54, 1.807) is 0 Å².